The van der Waals surface area contributed by atoms with Gasteiger partial charge >= 0.3 is 0 Å². The molecule has 0 amide bonds. The summed E-state index contributed by atoms with van der Waals surface area (Å²) in [6, 6.07) is 7.91. The van der Waals surface area contributed by atoms with Crippen molar-refractivity contribution in [2.24, 2.45) is 0 Å². The van der Waals surface area contributed by atoms with Crippen molar-refractivity contribution >= 4 is 23.1 Å². The second-order valence-electron chi connectivity index (χ2n) is 4.65. The van der Waals surface area contributed by atoms with Gasteiger partial charge in [0.25, 0.3) is 0 Å². The number of nitrogens with one attached hydrogen (secondary N) is 2. The van der Waals surface area contributed by atoms with Crippen molar-refractivity contribution in [1.29, 1.82) is 0 Å². The van der Waals surface area contributed by atoms with E-state index in [-0.39, 0.29) is 11.4 Å². The predicted molar refractivity (Wildman–Crippen MR) is 85.3 cm³/mol. The van der Waals surface area contributed by atoms with Gasteiger partial charge in [-0.1, -0.05) is 11.6 Å². The van der Waals surface area contributed by atoms with Gasteiger partial charge in [-0.25, -0.2) is 19.3 Å². The zero-order valence-corrected chi connectivity index (χ0v) is 12.9. The number of halogens is 2. The Kier molecular flexibility index (Phi) is 4.34. The lowest BCUT2D eigenvalue weighted by Crippen LogP contribution is -2.03. The van der Waals surface area contributed by atoms with Crippen LogP contribution in [0.3, 0.4) is 0 Å². The number of nitrogens with zero attached hydrogens (tertiary/aromatic N) is 2. The molecule has 7 heteroatoms. The highest BCUT2D eigenvalue weighted by Gasteiger charge is 2.13. The Hall–Kier alpha value is -2.73. The van der Waals surface area contributed by atoms with Gasteiger partial charge in [0.15, 0.2) is 29.8 Å². The fourth-order valence-corrected chi connectivity index (χ4v) is 2.19. The molecule has 0 radical (unpaired) electrons. The molecule has 0 atom stereocenters. The van der Waals surface area contributed by atoms with Crippen molar-refractivity contribution in [3.05, 3.63) is 59.8 Å². The second-order valence-corrected chi connectivity index (χ2v) is 5.08. The summed E-state index contributed by atoms with van der Waals surface area (Å²) in [4.78, 5) is 11.4. The normalized spacial score (nSPS) is 10.4. The van der Waals surface area contributed by atoms with Crippen LogP contribution in [-0.2, 0) is 0 Å². The third-order valence-electron chi connectivity index (χ3n) is 3.13. The minimum Gasteiger partial charge on any atom is -0.491 e. The number of aromatic nitrogens is 3. The van der Waals surface area contributed by atoms with Crippen molar-refractivity contribution in [2.75, 3.05) is 12.4 Å². The van der Waals surface area contributed by atoms with Crippen LogP contribution in [-0.4, -0.2) is 17.1 Å². The lowest BCUT2D eigenvalue weighted by molar-refractivity contribution is -0.377. The average Bonchev–Trinajstić information content (AvgIpc) is 2.58. The van der Waals surface area contributed by atoms with Gasteiger partial charge in [0.1, 0.15) is 5.82 Å². The molecule has 3 rings (SSSR count). The summed E-state index contributed by atoms with van der Waals surface area (Å²) in [7, 11) is 1.52. The molecule has 0 spiro atoms. The standard InChI is InChI=1S/C16H12ClFN4O/c1-23-14-9-20-15(12-8-10(17)2-3-13(12)18)22-16(14)21-11-4-6-19-7-5-11/h2-9H,1H3,(H,19,20,21,22)/p+1. The van der Waals surface area contributed by atoms with Gasteiger partial charge < -0.3 is 10.1 Å². The number of methoxy groups -OCH3 is 1. The molecule has 3 aromatic rings. The summed E-state index contributed by atoms with van der Waals surface area (Å²) in [6.07, 6.45) is 5.03. The summed E-state index contributed by atoms with van der Waals surface area (Å²) >= 11 is 5.93. The Morgan fingerprint density at radius 3 is 2.74 bits per heavy atom. The summed E-state index contributed by atoms with van der Waals surface area (Å²) in [5.74, 6) is 0.655. The third-order valence-corrected chi connectivity index (χ3v) is 3.36. The Balaban J connectivity index is 2.04. The maximum atomic E-state index is 14.0. The van der Waals surface area contributed by atoms with Crippen molar-refractivity contribution < 1.29 is 14.1 Å². The van der Waals surface area contributed by atoms with E-state index in [1.807, 2.05) is 12.1 Å². The summed E-state index contributed by atoms with van der Waals surface area (Å²) in [6.45, 7) is 0. The first-order valence-corrected chi connectivity index (χ1v) is 7.15. The van der Waals surface area contributed by atoms with E-state index in [1.54, 1.807) is 12.4 Å². The van der Waals surface area contributed by atoms with Crippen LogP contribution in [0.2, 0.25) is 5.02 Å². The predicted octanol–water partition coefficient (Wildman–Crippen LogP) is 3.50. The lowest BCUT2D eigenvalue weighted by atomic mass is 10.2. The molecule has 2 heterocycles. The van der Waals surface area contributed by atoms with E-state index in [9.17, 15) is 4.39 Å². The van der Waals surface area contributed by atoms with Crippen LogP contribution in [0.25, 0.3) is 11.4 Å². The first-order valence-electron chi connectivity index (χ1n) is 6.77. The average molecular weight is 332 g/mol. The first kappa shape index (κ1) is 15.2. The quantitative estimate of drug-likeness (QED) is 0.794. The minimum atomic E-state index is -0.445. The molecule has 0 unspecified atom stereocenters. The molecule has 0 aliphatic carbocycles. The van der Waals surface area contributed by atoms with Gasteiger partial charge in [0.05, 0.1) is 24.6 Å². The van der Waals surface area contributed by atoms with E-state index in [0.717, 1.165) is 5.69 Å². The number of ether oxygens (including phenoxy) is 1. The van der Waals surface area contributed by atoms with Crippen molar-refractivity contribution in [1.82, 2.24) is 9.97 Å². The molecule has 23 heavy (non-hydrogen) atoms. The van der Waals surface area contributed by atoms with Crippen LogP contribution >= 0.6 is 11.6 Å². The van der Waals surface area contributed by atoms with E-state index in [2.05, 4.69) is 20.3 Å². The SMILES string of the molecule is COc1cnc(-c2cc(Cl)ccc2F)nc1Nc1cc[nH+]cc1. The van der Waals surface area contributed by atoms with Crippen LogP contribution in [0.15, 0.2) is 48.9 Å². The third kappa shape index (κ3) is 3.37. The van der Waals surface area contributed by atoms with Crippen LogP contribution in [0.1, 0.15) is 0 Å². The summed E-state index contributed by atoms with van der Waals surface area (Å²) in [5, 5.41) is 3.53. The van der Waals surface area contributed by atoms with Gasteiger partial charge in [0, 0.05) is 17.2 Å². The first-order chi connectivity index (χ1) is 11.2. The van der Waals surface area contributed by atoms with E-state index in [1.165, 1.54) is 31.5 Å². The molecule has 0 saturated carbocycles. The number of anilines is 2. The molecule has 0 aliphatic heterocycles. The molecule has 5 nitrogen and oxygen atoms in total. The zero-order valence-electron chi connectivity index (χ0n) is 12.2. The van der Waals surface area contributed by atoms with Gasteiger partial charge in [-0.3, -0.25) is 0 Å². The Bertz CT molecular complexity index is 830. The fraction of sp³-hybridized carbons (Fsp3) is 0.0625. The number of rotatable bonds is 4. The second kappa shape index (κ2) is 6.58. The monoisotopic (exact) mass is 331 g/mol. The van der Waals surface area contributed by atoms with Gasteiger partial charge in [0.2, 0.25) is 0 Å². The van der Waals surface area contributed by atoms with E-state index >= 15 is 0 Å². The molecular weight excluding hydrogens is 319 g/mol. The highest BCUT2D eigenvalue weighted by atomic mass is 35.5. The van der Waals surface area contributed by atoms with Gasteiger partial charge in [-0.15, -0.1) is 0 Å². The lowest BCUT2D eigenvalue weighted by Gasteiger charge is -2.11. The van der Waals surface area contributed by atoms with Crippen LogP contribution in [0, 0.1) is 5.82 Å². The van der Waals surface area contributed by atoms with Crippen molar-refractivity contribution in [3.8, 4) is 17.1 Å². The van der Waals surface area contributed by atoms with Crippen molar-refractivity contribution in [3.63, 3.8) is 0 Å². The van der Waals surface area contributed by atoms with Crippen molar-refractivity contribution in [2.45, 2.75) is 0 Å². The Morgan fingerprint density at radius 1 is 1.22 bits per heavy atom. The maximum Gasteiger partial charge on any atom is 0.179 e. The minimum absolute atomic E-state index is 0.218. The largest absolute Gasteiger partial charge is 0.491 e. The van der Waals surface area contributed by atoms with E-state index < -0.39 is 5.82 Å². The topological polar surface area (TPSA) is 61.2 Å². The number of hydrogen-bond acceptors (Lipinski definition) is 4. The zero-order chi connectivity index (χ0) is 16.2. The molecule has 2 aromatic heterocycles. The Morgan fingerprint density at radius 2 is 2.00 bits per heavy atom. The number of hydrogen-bond donors (Lipinski definition) is 1. The molecule has 0 bridgehead atoms. The van der Waals surface area contributed by atoms with E-state index in [4.69, 9.17) is 16.3 Å². The maximum absolute atomic E-state index is 14.0. The highest BCUT2D eigenvalue weighted by Crippen LogP contribution is 2.29. The highest BCUT2D eigenvalue weighted by molar-refractivity contribution is 6.30. The van der Waals surface area contributed by atoms with Crippen LogP contribution < -0.4 is 15.0 Å². The molecule has 0 fully saturated rings. The smallest absolute Gasteiger partial charge is 0.179 e. The van der Waals surface area contributed by atoms with E-state index in [0.29, 0.717) is 16.6 Å². The molecule has 2 N–H and O–H groups in total. The molecule has 1 aromatic carbocycles. The summed E-state index contributed by atoms with van der Waals surface area (Å²) in [5.41, 5.74) is 1.03. The number of H-pyrrole nitrogens is 1. The van der Waals surface area contributed by atoms with Crippen LogP contribution in [0.5, 0.6) is 5.75 Å². The fourth-order valence-electron chi connectivity index (χ4n) is 2.02. The number of pyridine rings is 1. The molecule has 0 aliphatic rings. The Labute approximate surface area is 137 Å². The number of aromatic amines is 1. The molecule has 0 saturated heterocycles. The number of benzene rings is 1. The van der Waals surface area contributed by atoms with Crippen LogP contribution in [0.4, 0.5) is 15.9 Å². The molecule has 116 valence electrons. The molecular formula is C16H13ClFN4O+. The van der Waals surface area contributed by atoms with Gasteiger partial charge in [-0.05, 0) is 18.2 Å². The summed E-state index contributed by atoms with van der Waals surface area (Å²) < 4.78 is 19.2. The van der Waals surface area contributed by atoms with Gasteiger partial charge in [-0.2, -0.15) is 0 Å².